The van der Waals surface area contributed by atoms with Crippen LogP contribution in [0, 0.1) is 0 Å². The normalized spacial score (nSPS) is 10.2. The van der Waals surface area contributed by atoms with Crippen molar-refractivity contribution >= 4 is 17.5 Å². The zero-order valence-electron chi connectivity index (χ0n) is 14.8. The Labute approximate surface area is 152 Å². The third-order valence-electron chi connectivity index (χ3n) is 3.78. The first-order valence-electron chi connectivity index (χ1n) is 8.24. The molecule has 0 bridgehead atoms. The molecule has 7 heteroatoms. The van der Waals surface area contributed by atoms with E-state index in [1.54, 1.807) is 20.4 Å². The summed E-state index contributed by atoms with van der Waals surface area (Å²) in [6.07, 6.45) is 2.43. The van der Waals surface area contributed by atoms with Gasteiger partial charge in [0.1, 0.15) is 11.5 Å². The van der Waals surface area contributed by atoms with Crippen molar-refractivity contribution in [1.82, 2.24) is 15.2 Å². The maximum atomic E-state index is 5.16. The smallest absolute Gasteiger partial charge is 0.244 e. The second kappa shape index (κ2) is 8.66. The zero-order valence-corrected chi connectivity index (χ0v) is 14.8. The second-order valence-corrected chi connectivity index (χ2v) is 5.54. The molecule has 0 spiro atoms. The number of hydrogen-bond acceptors (Lipinski definition) is 7. The van der Waals surface area contributed by atoms with Gasteiger partial charge in [-0.3, -0.25) is 0 Å². The molecule has 3 rings (SSSR count). The standard InChI is InChI=1S/C19H21N5O2/c1-25-16-7-3-14(4-8-16)11-12-20-19-23-18(13-21-24-19)22-15-5-9-17(26-2)10-6-15/h3-10,13H,11-12H2,1-2H3,(H2,20,22,23,24). The predicted octanol–water partition coefficient (Wildman–Crippen LogP) is 3.29. The van der Waals surface area contributed by atoms with Crippen molar-refractivity contribution in [3.05, 3.63) is 60.3 Å². The van der Waals surface area contributed by atoms with Gasteiger partial charge >= 0.3 is 0 Å². The number of rotatable bonds is 8. The van der Waals surface area contributed by atoms with Crippen molar-refractivity contribution < 1.29 is 9.47 Å². The van der Waals surface area contributed by atoms with Gasteiger partial charge in [-0.2, -0.15) is 10.1 Å². The number of ether oxygens (including phenoxy) is 2. The SMILES string of the molecule is COc1ccc(CCNc2nncc(Nc3ccc(OC)cc3)n2)cc1. The minimum Gasteiger partial charge on any atom is -0.497 e. The number of anilines is 3. The Morgan fingerprint density at radius 1 is 0.885 bits per heavy atom. The number of aromatic nitrogens is 3. The van der Waals surface area contributed by atoms with Gasteiger partial charge in [-0.25, -0.2) is 0 Å². The molecule has 0 amide bonds. The van der Waals surface area contributed by atoms with E-state index in [1.165, 1.54) is 5.56 Å². The third-order valence-corrected chi connectivity index (χ3v) is 3.78. The summed E-state index contributed by atoms with van der Waals surface area (Å²) in [6.45, 7) is 0.708. The van der Waals surface area contributed by atoms with Gasteiger partial charge in [0.05, 0.1) is 20.4 Å². The van der Waals surface area contributed by atoms with Crippen molar-refractivity contribution in [3.63, 3.8) is 0 Å². The fourth-order valence-electron chi connectivity index (χ4n) is 2.37. The summed E-state index contributed by atoms with van der Waals surface area (Å²) in [4.78, 5) is 4.42. The molecular weight excluding hydrogens is 330 g/mol. The molecule has 2 N–H and O–H groups in total. The van der Waals surface area contributed by atoms with Crippen LogP contribution >= 0.6 is 0 Å². The van der Waals surface area contributed by atoms with Gasteiger partial charge in [-0.05, 0) is 48.4 Å². The Bertz CT molecular complexity index is 822. The third kappa shape index (κ3) is 4.83. The second-order valence-electron chi connectivity index (χ2n) is 5.54. The molecule has 0 saturated carbocycles. The first-order valence-corrected chi connectivity index (χ1v) is 8.24. The topological polar surface area (TPSA) is 81.2 Å². The largest absolute Gasteiger partial charge is 0.497 e. The number of benzene rings is 2. The Balaban J connectivity index is 1.54. The fourth-order valence-corrected chi connectivity index (χ4v) is 2.37. The highest BCUT2D eigenvalue weighted by atomic mass is 16.5. The molecular formula is C19H21N5O2. The molecule has 0 atom stereocenters. The highest BCUT2D eigenvalue weighted by molar-refractivity contribution is 5.57. The minimum absolute atomic E-state index is 0.483. The maximum absolute atomic E-state index is 5.16. The average molecular weight is 351 g/mol. The molecule has 0 unspecified atom stereocenters. The number of methoxy groups -OCH3 is 2. The lowest BCUT2D eigenvalue weighted by atomic mass is 10.1. The summed E-state index contributed by atoms with van der Waals surface area (Å²) in [5.74, 6) is 2.76. The molecule has 2 aromatic carbocycles. The Hall–Kier alpha value is -3.35. The Morgan fingerprint density at radius 2 is 1.54 bits per heavy atom. The van der Waals surface area contributed by atoms with Crippen LogP contribution in [0.2, 0.25) is 0 Å². The van der Waals surface area contributed by atoms with E-state index >= 15 is 0 Å². The average Bonchev–Trinajstić information content (AvgIpc) is 2.69. The summed E-state index contributed by atoms with van der Waals surface area (Å²) >= 11 is 0. The van der Waals surface area contributed by atoms with Crippen LogP contribution in [0.4, 0.5) is 17.5 Å². The van der Waals surface area contributed by atoms with E-state index in [2.05, 4.69) is 25.8 Å². The maximum Gasteiger partial charge on any atom is 0.244 e. The highest BCUT2D eigenvalue weighted by Gasteiger charge is 2.02. The molecule has 134 valence electrons. The predicted molar refractivity (Wildman–Crippen MR) is 101 cm³/mol. The summed E-state index contributed by atoms with van der Waals surface area (Å²) in [5, 5.41) is 14.4. The van der Waals surface area contributed by atoms with Gasteiger partial charge in [0.15, 0.2) is 5.82 Å². The molecule has 0 aliphatic carbocycles. The first kappa shape index (κ1) is 17.5. The van der Waals surface area contributed by atoms with Crippen molar-refractivity contribution in [2.24, 2.45) is 0 Å². The lowest BCUT2D eigenvalue weighted by molar-refractivity contribution is 0.414. The molecule has 7 nitrogen and oxygen atoms in total. The van der Waals surface area contributed by atoms with Crippen LogP contribution < -0.4 is 20.1 Å². The molecule has 1 heterocycles. The monoisotopic (exact) mass is 351 g/mol. The van der Waals surface area contributed by atoms with Crippen molar-refractivity contribution in [3.8, 4) is 11.5 Å². The van der Waals surface area contributed by atoms with Crippen molar-refractivity contribution in [2.45, 2.75) is 6.42 Å². The van der Waals surface area contributed by atoms with E-state index in [9.17, 15) is 0 Å². The van der Waals surface area contributed by atoms with Crippen LogP contribution in [0.1, 0.15) is 5.56 Å². The lowest BCUT2D eigenvalue weighted by Crippen LogP contribution is -2.09. The van der Waals surface area contributed by atoms with Crippen molar-refractivity contribution in [2.75, 3.05) is 31.4 Å². The molecule has 0 aliphatic heterocycles. The number of nitrogens with zero attached hydrogens (tertiary/aromatic N) is 3. The number of hydrogen-bond donors (Lipinski definition) is 2. The van der Waals surface area contributed by atoms with Gasteiger partial charge in [-0.1, -0.05) is 12.1 Å². The highest BCUT2D eigenvalue weighted by Crippen LogP contribution is 2.18. The van der Waals surface area contributed by atoms with Gasteiger partial charge < -0.3 is 20.1 Å². The molecule has 0 aliphatic rings. The molecule has 3 aromatic rings. The fraction of sp³-hybridized carbons (Fsp3) is 0.211. The van der Waals surface area contributed by atoms with Gasteiger partial charge in [-0.15, -0.1) is 5.10 Å². The Kier molecular flexibility index (Phi) is 5.82. The van der Waals surface area contributed by atoms with Gasteiger partial charge in [0.2, 0.25) is 5.95 Å². The lowest BCUT2D eigenvalue weighted by Gasteiger charge is -2.08. The zero-order chi connectivity index (χ0) is 18.2. The van der Waals surface area contributed by atoms with E-state index in [1.807, 2.05) is 48.5 Å². The van der Waals surface area contributed by atoms with E-state index in [-0.39, 0.29) is 0 Å². The molecule has 0 saturated heterocycles. The summed E-state index contributed by atoms with van der Waals surface area (Å²) in [6, 6.07) is 15.6. The quantitative estimate of drug-likeness (QED) is 0.644. The minimum atomic E-state index is 0.483. The molecule has 1 aromatic heterocycles. The van der Waals surface area contributed by atoms with Crippen LogP contribution in [-0.4, -0.2) is 35.9 Å². The van der Waals surface area contributed by atoms with Crippen molar-refractivity contribution in [1.29, 1.82) is 0 Å². The van der Waals surface area contributed by atoms with Crippen LogP contribution in [0.25, 0.3) is 0 Å². The van der Waals surface area contributed by atoms with Crippen LogP contribution in [0.15, 0.2) is 54.7 Å². The summed E-state index contributed by atoms with van der Waals surface area (Å²) in [5.41, 5.74) is 2.11. The molecule has 0 fully saturated rings. The first-order chi connectivity index (χ1) is 12.8. The number of nitrogens with one attached hydrogen (secondary N) is 2. The Morgan fingerprint density at radius 3 is 2.19 bits per heavy atom. The van der Waals surface area contributed by atoms with Crippen LogP contribution in [0.5, 0.6) is 11.5 Å². The van der Waals surface area contributed by atoms with Crippen LogP contribution in [-0.2, 0) is 6.42 Å². The van der Waals surface area contributed by atoms with Gasteiger partial charge in [0, 0.05) is 12.2 Å². The van der Waals surface area contributed by atoms with E-state index in [0.29, 0.717) is 18.3 Å². The summed E-state index contributed by atoms with van der Waals surface area (Å²) < 4.78 is 10.3. The summed E-state index contributed by atoms with van der Waals surface area (Å²) in [7, 11) is 3.30. The molecule has 26 heavy (non-hydrogen) atoms. The molecule has 0 radical (unpaired) electrons. The van der Waals surface area contributed by atoms with Gasteiger partial charge in [0.25, 0.3) is 0 Å². The van der Waals surface area contributed by atoms with E-state index < -0.39 is 0 Å². The van der Waals surface area contributed by atoms with E-state index in [4.69, 9.17) is 9.47 Å². The van der Waals surface area contributed by atoms with Crippen LogP contribution in [0.3, 0.4) is 0 Å². The van der Waals surface area contributed by atoms with E-state index in [0.717, 1.165) is 23.6 Å².